The van der Waals surface area contributed by atoms with Crippen molar-refractivity contribution in [1.29, 1.82) is 0 Å². The van der Waals surface area contributed by atoms with E-state index >= 15 is 0 Å². The molecule has 0 saturated carbocycles. The van der Waals surface area contributed by atoms with Crippen LogP contribution in [0, 0.1) is 0 Å². The number of nitrogens with zero attached hydrogens (tertiary/aromatic N) is 2. The standard InChI is InChI=1S/C19H20N2O4/c1-25-19(24)13-7-8-14(12-22)15(11-13)18-16(5-4-9-20-18)21-10-3-2-6-17(21)23/h4-5,7-9,11,22H,2-3,6,10,12H2,1H3. The second-order valence-electron chi connectivity index (χ2n) is 5.90. The molecule has 6 nitrogen and oxygen atoms in total. The fourth-order valence-electron chi connectivity index (χ4n) is 3.06. The summed E-state index contributed by atoms with van der Waals surface area (Å²) in [5.74, 6) is -0.396. The molecule has 0 aliphatic carbocycles. The number of carbonyl (C=O) groups excluding carboxylic acids is 2. The number of ether oxygens (including phenoxy) is 1. The molecule has 1 saturated heterocycles. The summed E-state index contributed by atoms with van der Waals surface area (Å²) in [6, 6.07) is 8.56. The lowest BCUT2D eigenvalue weighted by molar-refractivity contribution is -0.119. The van der Waals surface area contributed by atoms with Crippen molar-refractivity contribution >= 4 is 17.6 Å². The molecule has 6 heteroatoms. The van der Waals surface area contributed by atoms with Gasteiger partial charge in [0.15, 0.2) is 0 Å². The van der Waals surface area contributed by atoms with Crippen LogP contribution in [0.5, 0.6) is 0 Å². The monoisotopic (exact) mass is 340 g/mol. The molecule has 1 aliphatic rings. The van der Waals surface area contributed by atoms with E-state index in [9.17, 15) is 14.7 Å². The molecule has 0 unspecified atom stereocenters. The number of rotatable bonds is 4. The van der Waals surface area contributed by atoms with Crippen LogP contribution in [0.3, 0.4) is 0 Å². The highest BCUT2D eigenvalue weighted by Crippen LogP contribution is 2.33. The molecule has 0 atom stereocenters. The quantitative estimate of drug-likeness (QED) is 0.865. The van der Waals surface area contributed by atoms with Gasteiger partial charge in [-0.1, -0.05) is 6.07 Å². The summed E-state index contributed by atoms with van der Waals surface area (Å²) in [5, 5.41) is 9.70. The SMILES string of the molecule is COC(=O)c1ccc(CO)c(-c2ncccc2N2CCCCC2=O)c1. The number of amides is 1. The van der Waals surface area contributed by atoms with Gasteiger partial charge < -0.3 is 14.7 Å². The largest absolute Gasteiger partial charge is 0.465 e. The molecule has 0 bridgehead atoms. The van der Waals surface area contributed by atoms with Crippen molar-refractivity contribution in [3.05, 3.63) is 47.7 Å². The van der Waals surface area contributed by atoms with Crippen LogP contribution in [0.1, 0.15) is 35.2 Å². The second-order valence-corrected chi connectivity index (χ2v) is 5.90. The third-order valence-electron chi connectivity index (χ3n) is 4.36. The number of methoxy groups -OCH3 is 1. The van der Waals surface area contributed by atoms with Crippen LogP contribution < -0.4 is 4.90 Å². The third-order valence-corrected chi connectivity index (χ3v) is 4.36. The number of aromatic nitrogens is 1. The van der Waals surface area contributed by atoms with Crippen molar-refractivity contribution in [1.82, 2.24) is 4.98 Å². The fourth-order valence-corrected chi connectivity index (χ4v) is 3.06. The maximum absolute atomic E-state index is 12.3. The summed E-state index contributed by atoms with van der Waals surface area (Å²) in [4.78, 5) is 30.4. The van der Waals surface area contributed by atoms with Crippen molar-refractivity contribution in [3.63, 3.8) is 0 Å². The Kier molecular flexibility index (Phi) is 5.09. The van der Waals surface area contributed by atoms with E-state index in [0.717, 1.165) is 12.8 Å². The Bertz CT molecular complexity index is 804. The molecule has 1 aromatic heterocycles. The predicted molar refractivity (Wildman–Crippen MR) is 93.1 cm³/mol. The van der Waals surface area contributed by atoms with Gasteiger partial charge in [-0.25, -0.2) is 4.79 Å². The van der Waals surface area contributed by atoms with Crippen molar-refractivity contribution in [2.75, 3.05) is 18.6 Å². The van der Waals surface area contributed by atoms with Gasteiger partial charge in [-0.2, -0.15) is 0 Å². The van der Waals surface area contributed by atoms with Gasteiger partial charge >= 0.3 is 5.97 Å². The number of benzene rings is 1. The summed E-state index contributed by atoms with van der Waals surface area (Å²) in [6.45, 7) is 0.448. The maximum atomic E-state index is 12.3. The van der Waals surface area contributed by atoms with Gasteiger partial charge in [0.05, 0.1) is 30.7 Å². The number of piperidine rings is 1. The minimum Gasteiger partial charge on any atom is -0.465 e. The van der Waals surface area contributed by atoms with Gasteiger partial charge in [-0.15, -0.1) is 0 Å². The van der Waals surface area contributed by atoms with Crippen molar-refractivity contribution in [2.45, 2.75) is 25.9 Å². The summed E-state index contributed by atoms with van der Waals surface area (Å²) < 4.78 is 4.78. The fraction of sp³-hybridized carbons (Fsp3) is 0.316. The van der Waals surface area contributed by atoms with Gasteiger partial charge in [-0.3, -0.25) is 9.78 Å². The molecule has 0 radical (unpaired) electrons. The number of hydrogen-bond acceptors (Lipinski definition) is 5. The first-order chi connectivity index (χ1) is 12.2. The molecule has 1 fully saturated rings. The van der Waals surface area contributed by atoms with Crippen molar-refractivity contribution in [2.24, 2.45) is 0 Å². The van der Waals surface area contributed by atoms with E-state index in [1.807, 2.05) is 6.07 Å². The van der Waals surface area contributed by atoms with E-state index in [4.69, 9.17) is 4.74 Å². The van der Waals surface area contributed by atoms with Gasteiger partial charge in [0.2, 0.25) is 5.91 Å². The van der Waals surface area contributed by atoms with Crippen molar-refractivity contribution < 1.29 is 19.4 Å². The van der Waals surface area contributed by atoms with E-state index in [2.05, 4.69) is 4.98 Å². The first kappa shape index (κ1) is 17.1. The third kappa shape index (κ3) is 3.39. The molecule has 3 rings (SSSR count). The van der Waals surface area contributed by atoms with Gasteiger partial charge in [0, 0.05) is 24.7 Å². The molecule has 130 valence electrons. The van der Waals surface area contributed by atoms with E-state index in [1.54, 1.807) is 35.4 Å². The minimum atomic E-state index is -0.461. The highest BCUT2D eigenvalue weighted by molar-refractivity contribution is 5.98. The lowest BCUT2D eigenvalue weighted by Gasteiger charge is -2.28. The van der Waals surface area contributed by atoms with Gasteiger partial charge in [0.1, 0.15) is 0 Å². The van der Waals surface area contributed by atoms with Crippen LogP contribution in [0.25, 0.3) is 11.3 Å². The predicted octanol–water partition coefficient (Wildman–Crippen LogP) is 2.54. The lowest BCUT2D eigenvalue weighted by atomic mass is 9.98. The first-order valence-corrected chi connectivity index (χ1v) is 8.23. The number of aliphatic hydroxyl groups is 1. The molecule has 1 N–H and O–H groups in total. The van der Waals surface area contributed by atoms with Crippen LogP contribution in [-0.4, -0.2) is 35.6 Å². The van der Waals surface area contributed by atoms with Crippen LogP contribution in [0.4, 0.5) is 5.69 Å². The number of anilines is 1. The Morgan fingerprint density at radius 3 is 2.88 bits per heavy atom. The molecule has 0 spiro atoms. The van der Waals surface area contributed by atoms with Crippen LogP contribution in [0.2, 0.25) is 0 Å². The molecular formula is C19H20N2O4. The molecular weight excluding hydrogens is 320 g/mol. The summed E-state index contributed by atoms with van der Waals surface area (Å²) in [6.07, 6.45) is 3.99. The Morgan fingerprint density at radius 2 is 2.16 bits per heavy atom. The molecule has 1 aromatic carbocycles. The van der Waals surface area contributed by atoms with Crippen molar-refractivity contribution in [3.8, 4) is 11.3 Å². The zero-order valence-electron chi connectivity index (χ0n) is 14.1. The number of aliphatic hydroxyl groups excluding tert-OH is 1. The zero-order chi connectivity index (χ0) is 17.8. The molecule has 25 heavy (non-hydrogen) atoms. The average molecular weight is 340 g/mol. The molecule has 1 amide bonds. The van der Waals surface area contributed by atoms with Crippen LogP contribution in [0.15, 0.2) is 36.5 Å². The normalized spacial score (nSPS) is 14.5. The number of hydrogen-bond donors (Lipinski definition) is 1. The molecule has 2 aromatic rings. The van der Waals surface area contributed by atoms with Crippen LogP contribution in [-0.2, 0) is 16.1 Å². The Balaban J connectivity index is 2.13. The van der Waals surface area contributed by atoms with E-state index < -0.39 is 5.97 Å². The van der Waals surface area contributed by atoms with Gasteiger partial charge in [-0.05, 0) is 42.7 Å². The van der Waals surface area contributed by atoms with E-state index in [0.29, 0.717) is 41.0 Å². The number of carbonyl (C=O) groups is 2. The molecule has 1 aliphatic heterocycles. The summed E-state index contributed by atoms with van der Waals surface area (Å²) in [7, 11) is 1.32. The maximum Gasteiger partial charge on any atom is 0.337 e. The van der Waals surface area contributed by atoms with Crippen LogP contribution >= 0.6 is 0 Å². The second kappa shape index (κ2) is 7.44. The Hall–Kier alpha value is -2.73. The smallest absolute Gasteiger partial charge is 0.337 e. The minimum absolute atomic E-state index is 0.0650. The molecule has 2 heterocycles. The van der Waals surface area contributed by atoms with E-state index in [1.165, 1.54) is 7.11 Å². The number of pyridine rings is 1. The summed E-state index contributed by atoms with van der Waals surface area (Å²) >= 11 is 0. The first-order valence-electron chi connectivity index (χ1n) is 8.23. The number of esters is 1. The summed E-state index contributed by atoms with van der Waals surface area (Å²) in [5.41, 5.74) is 2.91. The average Bonchev–Trinajstić information content (AvgIpc) is 2.67. The highest BCUT2D eigenvalue weighted by Gasteiger charge is 2.24. The van der Waals surface area contributed by atoms with Gasteiger partial charge in [0.25, 0.3) is 0 Å². The zero-order valence-corrected chi connectivity index (χ0v) is 14.1. The Labute approximate surface area is 146 Å². The Morgan fingerprint density at radius 1 is 1.32 bits per heavy atom. The highest BCUT2D eigenvalue weighted by atomic mass is 16.5. The topological polar surface area (TPSA) is 79.7 Å². The van der Waals surface area contributed by atoms with E-state index in [-0.39, 0.29) is 12.5 Å². The lowest BCUT2D eigenvalue weighted by Crippen LogP contribution is -2.35.